The predicted octanol–water partition coefficient (Wildman–Crippen LogP) is 2.87. The van der Waals surface area contributed by atoms with Gasteiger partial charge in [-0.05, 0) is 30.4 Å². The number of aromatic nitrogens is 1. The quantitative estimate of drug-likeness (QED) is 0.869. The maximum Gasteiger partial charge on any atom is 0.251 e. The van der Waals surface area contributed by atoms with Crippen molar-refractivity contribution in [2.75, 3.05) is 13.1 Å². The van der Waals surface area contributed by atoms with Crippen molar-refractivity contribution in [1.29, 1.82) is 0 Å². The lowest BCUT2D eigenvalue weighted by atomic mass is 10.1. The first-order valence-corrected chi connectivity index (χ1v) is 9.37. The molecule has 1 saturated carbocycles. The summed E-state index contributed by atoms with van der Waals surface area (Å²) in [4.78, 5) is 19.4. The van der Waals surface area contributed by atoms with Crippen LogP contribution in [0.3, 0.4) is 0 Å². The second-order valence-electron chi connectivity index (χ2n) is 7.40. The number of likely N-dealkylation sites (tertiary alicyclic amines) is 1. The van der Waals surface area contributed by atoms with E-state index in [4.69, 9.17) is 4.74 Å². The topological polar surface area (TPSA) is 54.5 Å². The molecule has 4 rings (SSSR count). The third kappa shape index (κ3) is 4.05. The normalized spacial score (nSPS) is 23.0. The van der Waals surface area contributed by atoms with Crippen molar-refractivity contribution in [3.8, 4) is 5.88 Å². The van der Waals surface area contributed by atoms with Gasteiger partial charge in [0.05, 0.1) is 0 Å². The molecule has 2 atom stereocenters. The molecule has 2 aromatic rings. The Bertz CT molecular complexity index is 761. The molecule has 5 heteroatoms. The van der Waals surface area contributed by atoms with Gasteiger partial charge in [0.25, 0.3) is 5.91 Å². The first-order chi connectivity index (χ1) is 12.7. The number of pyridine rings is 1. The zero-order valence-corrected chi connectivity index (χ0v) is 15.1. The number of rotatable bonds is 6. The Morgan fingerprint density at radius 3 is 2.81 bits per heavy atom. The average Bonchev–Trinajstić information content (AvgIpc) is 3.46. The molecule has 1 aliphatic heterocycles. The van der Waals surface area contributed by atoms with Gasteiger partial charge >= 0.3 is 0 Å². The molecule has 0 radical (unpaired) electrons. The minimum atomic E-state index is -0.0496. The van der Waals surface area contributed by atoms with E-state index in [1.807, 2.05) is 30.3 Å². The van der Waals surface area contributed by atoms with Crippen molar-refractivity contribution < 1.29 is 9.53 Å². The Balaban J connectivity index is 1.35. The lowest BCUT2D eigenvalue weighted by Crippen LogP contribution is -2.40. The summed E-state index contributed by atoms with van der Waals surface area (Å²) in [6, 6.07) is 14.4. The van der Waals surface area contributed by atoms with E-state index >= 15 is 0 Å². The van der Waals surface area contributed by atoms with Crippen LogP contribution in [0, 0.1) is 5.92 Å². The van der Waals surface area contributed by atoms with E-state index in [0.717, 1.165) is 24.7 Å². The van der Waals surface area contributed by atoms with Gasteiger partial charge in [-0.2, -0.15) is 0 Å². The molecule has 0 unspecified atom stereocenters. The van der Waals surface area contributed by atoms with Gasteiger partial charge in [-0.15, -0.1) is 0 Å². The highest BCUT2D eigenvalue weighted by Gasteiger charge is 2.38. The van der Waals surface area contributed by atoms with Crippen LogP contribution in [-0.4, -0.2) is 41.0 Å². The largest absolute Gasteiger partial charge is 0.473 e. The van der Waals surface area contributed by atoms with Crippen LogP contribution in [0.4, 0.5) is 0 Å². The van der Waals surface area contributed by atoms with Crippen LogP contribution >= 0.6 is 0 Å². The maximum atomic E-state index is 12.7. The van der Waals surface area contributed by atoms with Gasteiger partial charge in [0.15, 0.2) is 0 Å². The van der Waals surface area contributed by atoms with Crippen molar-refractivity contribution in [3.63, 3.8) is 0 Å². The van der Waals surface area contributed by atoms with Crippen molar-refractivity contribution in [2.45, 2.75) is 38.5 Å². The Kier molecular flexibility index (Phi) is 4.89. The molecule has 2 aliphatic rings. The second-order valence-corrected chi connectivity index (χ2v) is 7.40. The molecular weight excluding hydrogens is 326 g/mol. The summed E-state index contributed by atoms with van der Waals surface area (Å²) >= 11 is 0. The highest BCUT2D eigenvalue weighted by Crippen LogP contribution is 2.31. The summed E-state index contributed by atoms with van der Waals surface area (Å²) in [5.74, 6) is 0.905. The summed E-state index contributed by atoms with van der Waals surface area (Å²) in [7, 11) is 0. The van der Waals surface area contributed by atoms with E-state index in [2.05, 4.69) is 22.1 Å². The Morgan fingerprint density at radius 1 is 1.23 bits per heavy atom. The maximum absolute atomic E-state index is 12.7. The second kappa shape index (κ2) is 7.46. The number of hydrogen-bond donors (Lipinski definition) is 1. The van der Waals surface area contributed by atoms with Gasteiger partial charge in [-0.3, -0.25) is 9.69 Å². The van der Waals surface area contributed by atoms with Gasteiger partial charge < -0.3 is 10.1 Å². The van der Waals surface area contributed by atoms with Gasteiger partial charge in [0, 0.05) is 43.0 Å². The predicted molar refractivity (Wildman–Crippen MR) is 100 cm³/mol. The smallest absolute Gasteiger partial charge is 0.251 e. The third-order valence-electron chi connectivity index (χ3n) is 5.25. The van der Waals surface area contributed by atoms with Gasteiger partial charge in [-0.1, -0.05) is 37.3 Å². The fraction of sp³-hybridized carbons (Fsp3) is 0.429. The molecule has 2 heterocycles. The minimum Gasteiger partial charge on any atom is -0.473 e. The van der Waals surface area contributed by atoms with Gasteiger partial charge in [0.2, 0.25) is 5.88 Å². The molecule has 1 N–H and O–H groups in total. The minimum absolute atomic E-state index is 0.0496. The van der Waals surface area contributed by atoms with E-state index in [0.29, 0.717) is 24.0 Å². The first kappa shape index (κ1) is 17.0. The summed E-state index contributed by atoms with van der Waals surface area (Å²) in [5, 5.41) is 3.19. The van der Waals surface area contributed by atoms with E-state index in [1.165, 1.54) is 12.8 Å². The molecule has 1 aliphatic carbocycles. The van der Waals surface area contributed by atoms with Crippen LogP contribution in [0.2, 0.25) is 0 Å². The van der Waals surface area contributed by atoms with E-state index < -0.39 is 0 Å². The summed E-state index contributed by atoms with van der Waals surface area (Å²) < 4.78 is 5.73. The molecule has 1 amide bonds. The lowest BCUT2D eigenvalue weighted by molar-refractivity contribution is 0.0930. The van der Waals surface area contributed by atoms with Crippen LogP contribution in [-0.2, 0) is 6.61 Å². The van der Waals surface area contributed by atoms with E-state index in [-0.39, 0.29) is 11.9 Å². The standard InChI is InChI=1S/C21H25N3O2/c1-15-12-24(18-7-8-18)13-19(15)23-21(25)17-9-10-22-20(11-17)26-14-16-5-3-2-4-6-16/h2-6,9-11,15,18-19H,7-8,12-14H2,1H3,(H,23,25)/t15-,19-/m0/s1. The zero-order chi connectivity index (χ0) is 17.9. The molecule has 0 spiro atoms. The number of ether oxygens (including phenoxy) is 1. The first-order valence-electron chi connectivity index (χ1n) is 9.37. The summed E-state index contributed by atoms with van der Waals surface area (Å²) in [6.07, 6.45) is 4.24. The molecule has 1 aromatic heterocycles. The summed E-state index contributed by atoms with van der Waals surface area (Å²) in [6.45, 7) is 4.70. The number of nitrogens with one attached hydrogen (secondary N) is 1. The Labute approximate surface area is 154 Å². The van der Waals surface area contributed by atoms with Crippen molar-refractivity contribution >= 4 is 5.91 Å². The van der Waals surface area contributed by atoms with Crippen LogP contribution < -0.4 is 10.1 Å². The molecular formula is C21H25N3O2. The van der Waals surface area contributed by atoms with Crippen molar-refractivity contribution in [3.05, 3.63) is 59.8 Å². The van der Waals surface area contributed by atoms with Crippen LogP contribution in [0.1, 0.15) is 35.7 Å². The Morgan fingerprint density at radius 2 is 2.04 bits per heavy atom. The highest BCUT2D eigenvalue weighted by atomic mass is 16.5. The molecule has 1 saturated heterocycles. The Hall–Kier alpha value is -2.40. The fourth-order valence-electron chi connectivity index (χ4n) is 3.54. The van der Waals surface area contributed by atoms with Crippen LogP contribution in [0.15, 0.2) is 48.7 Å². The van der Waals surface area contributed by atoms with Gasteiger partial charge in [0.1, 0.15) is 6.61 Å². The molecule has 26 heavy (non-hydrogen) atoms. The average molecular weight is 351 g/mol. The number of amides is 1. The monoisotopic (exact) mass is 351 g/mol. The van der Waals surface area contributed by atoms with Gasteiger partial charge in [-0.25, -0.2) is 4.98 Å². The number of hydrogen-bond acceptors (Lipinski definition) is 4. The highest BCUT2D eigenvalue weighted by molar-refractivity contribution is 5.94. The molecule has 5 nitrogen and oxygen atoms in total. The molecule has 136 valence electrons. The van der Waals surface area contributed by atoms with Crippen molar-refractivity contribution in [1.82, 2.24) is 15.2 Å². The fourth-order valence-corrected chi connectivity index (χ4v) is 3.54. The van der Waals surface area contributed by atoms with Crippen LogP contribution in [0.25, 0.3) is 0 Å². The van der Waals surface area contributed by atoms with E-state index in [9.17, 15) is 4.79 Å². The van der Waals surface area contributed by atoms with Crippen molar-refractivity contribution in [2.24, 2.45) is 5.92 Å². The number of nitrogens with zero attached hydrogens (tertiary/aromatic N) is 2. The van der Waals surface area contributed by atoms with Crippen LogP contribution in [0.5, 0.6) is 5.88 Å². The SMILES string of the molecule is C[C@H]1CN(C2CC2)C[C@@H]1NC(=O)c1ccnc(OCc2ccccc2)c1. The molecule has 1 aromatic carbocycles. The number of benzene rings is 1. The summed E-state index contributed by atoms with van der Waals surface area (Å²) in [5.41, 5.74) is 1.67. The lowest BCUT2D eigenvalue weighted by Gasteiger charge is -2.17. The number of carbonyl (C=O) groups is 1. The molecule has 0 bridgehead atoms. The van der Waals surface area contributed by atoms with E-state index in [1.54, 1.807) is 18.3 Å². The number of carbonyl (C=O) groups excluding carboxylic acids is 1. The molecule has 2 fully saturated rings. The third-order valence-corrected chi connectivity index (χ3v) is 5.25. The zero-order valence-electron chi connectivity index (χ0n) is 15.1.